The molecule has 4 aromatic rings. The summed E-state index contributed by atoms with van der Waals surface area (Å²) in [6.07, 6.45) is 0. The maximum atomic E-state index is 13.5. The van der Waals surface area contributed by atoms with Crippen LogP contribution in [0.1, 0.15) is 10.4 Å². The lowest BCUT2D eigenvalue weighted by Crippen LogP contribution is -2.48. The van der Waals surface area contributed by atoms with Gasteiger partial charge >= 0.3 is 0 Å². The monoisotopic (exact) mass is 593 g/mol. The Morgan fingerprint density at radius 2 is 1.67 bits per heavy atom. The van der Waals surface area contributed by atoms with E-state index in [-0.39, 0.29) is 34.7 Å². The minimum atomic E-state index is -3.92. The lowest BCUT2D eigenvalue weighted by molar-refractivity contribution is 0.0947. The molecule has 8 nitrogen and oxygen atoms in total. The van der Waals surface area contributed by atoms with Gasteiger partial charge in [0.1, 0.15) is 11.6 Å². The molecule has 1 aliphatic rings. The van der Waals surface area contributed by atoms with Gasteiger partial charge in [0.2, 0.25) is 0 Å². The maximum absolute atomic E-state index is 13.5. The van der Waals surface area contributed by atoms with Crippen molar-refractivity contribution in [3.05, 3.63) is 83.9 Å². The van der Waals surface area contributed by atoms with Crippen LogP contribution in [0.15, 0.2) is 71.6 Å². The van der Waals surface area contributed by atoms with Crippen LogP contribution >= 0.6 is 23.7 Å². The highest BCUT2D eigenvalue weighted by atomic mass is 35.5. The third kappa shape index (κ3) is 7.01. The van der Waals surface area contributed by atoms with Gasteiger partial charge in [0.15, 0.2) is 5.13 Å². The Bertz CT molecular complexity index is 1560. The summed E-state index contributed by atoms with van der Waals surface area (Å²) in [5, 5.41) is 3.76. The second-order valence-corrected chi connectivity index (χ2v) is 11.5. The topological polar surface area (TPSA) is 94.6 Å². The normalized spacial score (nSPS) is 14.2. The molecule has 0 spiro atoms. The molecule has 1 aliphatic heterocycles. The smallest absolute Gasteiger partial charge is 0.261 e. The van der Waals surface area contributed by atoms with Crippen molar-refractivity contribution in [1.82, 2.24) is 15.2 Å². The van der Waals surface area contributed by atoms with Gasteiger partial charge in [0, 0.05) is 50.5 Å². The molecule has 0 atom stereocenters. The Balaban J connectivity index is 0.00000353. The molecule has 0 bridgehead atoms. The summed E-state index contributed by atoms with van der Waals surface area (Å²) in [5.74, 6) is -1.11. The highest BCUT2D eigenvalue weighted by molar-refractivity contribution is 7.92. The van der Waals surface area contributed by atoms with Gasteiger partial charge in [-0.15, -0.1) is 12.4 Å². The summed E-state index contributed by atoms with van der Waals surface area (Å²) < 4.78 is 55.0. The van der Waals surface area contributed by atoms with E-state index in [2.05, 4.69) is 24.8 Å². The van der Waals surface area contributed by atoms with E-state index in [1.165, 1.54) is 41.7 Å². The van der Waals surface area contributed by atoms with Crippen LogP contribution in [-0.4, -0.2) is 63.5 Å². The molecule has 1 amide bonds. The number of thiazole rings is 1. The number of hydrogen-bond acceptors (Lipinski definition) is 7. The predicted molar refractivity (Wildman–Crippen MR) is 151 cm³/mol. The average Bonchev–Trinajstić information content (AvgIpc) is 3.32. The van der Waals surface area contributed by atoms with Gasteiger partial charge in [-0.1, -0.05) is 17.4 Å². The molecule has 39 heavy (non-hydrogen) atoms. The Kier molecular flexibility index (Phi) is 9.01. The quantitative estimate of drug-likeness (QED) is 0.315. The highest BCUT2D eigenvalue weighted by Gasteiger charge is 2.20. The Morgan fingerprint density at radius 3 is 2.41 bits per heavy atom. The third-order valence-corrected chi connectivity index (χ3v) is 8.67. The molecule has 0 radical (unpaired) electrons. The Labute approximate surface area is 235 Å². The number of sulfonamides is 1. The zero-order valence-electron chi connectivity index (χ0n) is 20.6. The number of rotatable bonds is 8. The standard InChI is InChI=1S/C26H25F2N5O3S2.ClH/c27-19-4-7-22(8-5-19)38(35,36)31-21-3-1-2-18(16-21)25(34)29-10-11-32-12-14-33(15-13-32)26-30-23-9-6-20(28)17-24(23)37-26;/h1-9,16-17,31H,10-15H2,(H,29,34);1H. The summed E-state index contributed by atoms with van der Waals surface area (Å²) in [5.41, 5.74) is 1.35. The van der Waals surface area contributed by atoms with E-state index < -0.39 is 15.8 Å². The molecule has 0 aliphatic carbocycles. The molecule has 2 heterocycles. The first-order chi connectivity index (χ1) is 18.3. The zero-order chi connectivity index (χ0) is 26.7. The van der Waals surface area contributed by atoms with Crippen molar-refractivity contribution in [2.24, 2.45) is 0 Å². The Hall–Kier alpha value is -3.32. The van der Waals surface area contributed by atoms with Crippen molar-refractivity contribution < 1.29 is 22.0 Å². The van der Waals surface area contributed by atoms with Crippen molar-refractivity contribution in [3.8, 4) is 0 Å². The van der Waals surface area contributed by atoms with E-state index in [0.717, 1.165) is 53.7 Å². The fourth-order valence-corrected chi connectivity index (χ4v) is 6.26. The first-order valence-corrected chi connectivity index (χ1v) is 14.3. The SMILES string of the molecule is Cl.O=C(NCCN1CCN(c2nc3ccc(F)cc3s2)CC1)c1cccc(NS(=O)(=O)c2ccc(F)cc2)c1. The second-order valence-electron chi connectivity index (χ2n) is 8.83. The molecule has 5 rings (SSSR count). The number of carbonyl (C=O) groups is 1. The maximum Gasteiger partial charge on any atom is 0.261 e. The summed E-state index contributed by atoms with van der Waals surface area (Å²) in [6.45, 7) is 4.28. The third-order valence-electron chi connectivity index (χ3n) is 6.20. The summed E-state index contributed by atoms with van der Waals surface area (Å²) in [6, 6.07) is 15.3. The van der Waals surface area contributed by atoms with Gasteiger partial charge in [-0.25, -0.2) is 22.2 Å². The number of hydrogen-bond donors (Lipinski definition) is 2. The van der Waals surface area contributed by atoms with E-state index >= 15 is 0 Å². The average molecular weight is 594 g/mol. The molecule has 3 aromatic carbocycles. The van der Waals surface area contributed by atoms with E-state index in [9.17, 15) is 22.0 Å². The number of nitrogens with one attached hydrogen (secondary N) is 2. The summed E-state index contributed by atoms with van der Waals surface area (Å²) in [7, 11) is -3.92. The molecule has 13 heteroatoms. The lowest BCUT2D eigenvalue weighted by atomic mass is 10.2. The van der Waals surface area contributed by atoms with Crippen LogP contribution in [0, 0.1) is 11.6 Å². The van der Waals surface area contributed by atoms with Crippen LogP contribution in [0.5, 0.6) is 0 Å². The molecule has 1 fully saturated rings. The number of amides is 1. The van der Waals surface area contributed by atoms with E-state index in [4.69, 9.17) is 0 Å². The van der Waals surface area contributed by atoms with Crippen molar-refractivity contribution in [2.45, 2.75) is 4.90 Å². The molecule has 1 aromatic heterocycles. The number of aromatic nitrogens is 1. The van der Waals surface area contributed by atoms with Gasteiger partial charge in [0.25, 0.3) is 15.9 Å². The number of benzene rings is 3. The number of carbonyl (C=O) groups excluding carboxylic acids is 1. The largest absolute Gasteiger partial charge is 0.351 e. The first-order valence-electron chi connectivity index (χ1n) is 12.0. The van der Waals surface area contributed by atoms with E-state index in [1.54, 1.807) is 24.3 Å². The minimum absolute atomic E-state index is 0. The number of halogens is 3. The first kappa shape index (κ1) is 28.7. The Morgan fingerprint density at radius 1 is 0.949 bits per heavy atom. The minimum Gasteiger partial charge on any atom is -0.351 e. The number of anilines is 2. The summed E-state index contributed by atoms with van der Waals surface area (Å²) in [4.78, 5) is 21.6. The van der Waals surface area contributed by atoms with Crippen molar-refractivity contribution >= 4 is 60.7 Å². The van der Waals surface area contributed by atoms with Gasteiger partial charge in [0.05, 0.1) is 15.1 Å². The van der Waals surface area contributed by atoms with Crippen LogP contribution in [0.25, 0.3) is 10.2 Å². The fourth-order valence-electron chi connectivity index (χ4n) is 4.17. The van der Waals surface area contributed by atoms with Gasteiger partial charge in [-0.2, -0.15) is 0 Å². The zero-order valence-corrected chi connectivity index (χ0v) is 23.1. The molecule has 2 N–H and O–H groups in total. The second kappa shape index (κ2) is 12.2. The van der Waals surface area contributed by atoms with Gasteiger partial charge in [-0.3, -0.25) is 14.4 Å². The van der Waals surface area contributed by atoms with Crippen molar-refractivity contribution in [2.75, 3.05) is 48.9 Å². The van der Waals surface area contributed by atoms with Crippen LogP contribution in [0.3, 0.4) is 0 Å². The molecule has 0 saturated carbocycles. The van der Waals surface area contributed by atoms with Crippen LogP contribution < -0.4 is 14.9 Å². The molecule has 206 valence electrons. The molecule has 0 unspecified atom stereocenters. The highest BCUT2D eigenvalue weighted by Crippen LogP contribution is 2.29. The predicted octanol–water partition coefficient (Wildman–Crippen LogP) is 4.35. The lowest BCUT2D eigenvalue weighted by Gasteiger charge is -2.34. The van der Waals surface area contributed by atoms with Crippen molar-refractivity contribution in [3.63, 3.8) is 0 Å². The van der Waals surface area contributed by atoms with Gasteiger partial charge in [-0.05, 0) is 60.7 Å². The summed E-state index contributed by atoms with van der Waals surface area (Å²) >= 11 is 1.48. The molecule has 1 saturated heterocycles. The molecular formula is C26H26ClF2N5O3S2. The van der Waals surface area contributed by atoms with Crippen molar-refractivity contribution in [1.29, 1.82) is 0 Å². The van der Waals surface area contributed by atoms with Crippen LogP contribution in [0.2, 0.25) is 0 Å². The number of piperazine rings is 1. The van der Waals surface area contributed by atoms with Crippen LogP contribution in [0.4, 0.5) is 19.6 Å². The number of nitrogens with zero attached hydrogens (tertiary/aromatic N) is 3. The van der Waals surface area contributed by atoms with Crippen LogP contribution in [-0.2, 0) is 10.0 Å². The van der Waals surface area contributed by atoms with E-state index in [1.807, 2.05) is 0 Å². The van der Waals surface area contributed by atoms with E-state index in [0.29, 0.717) is 18.7 Å². The number of fused-ring (bicyclic) bond motifs is 1. The van der Waals surface area contributed by atoms with Gasteiger partial charge < -0.3 is 10.2 Å². The molecular weight excluding hydrogens is 568 g/mol. The fraction of sp³-hybridized carbons (Fsp3) is 0.231.